The lowest BCUT2D eigenvalue weighted by Crippen LogP contribution is -2.51. The Labute approximate surface area is 132 Å². The lowest BCUT2D eigenvalue weighted by Gasteiger charge is -2.32. The standard InChI is InChI=1S/C16H19F3N2O2/c1-3-8-23-14-5-4-12(16(17,18)19)9-13(14)15(22)21-7-6-20-11(2)10-21/h3-5,9,11,20H,1,6-8,10H2,2H3. The number of hydrogen-bond donors (Lipinski definition) is 1. The molecule has 1 unspecified atom stereocenters. The third-order valence-corrected chi connectivity index (χ3v) is 3.55. The largest absolute Gasteiger partial charge is 0.489 e. The Morgan fingerprint density at radius 1 is 1.52 bits per heavy atom. The molecule has 1 aliphatic heterocycles. The van der Waals surface area contributed by atoms with Crippen LogP contribution in [-0.4, -0.2) is 43.1 Å². The summed E-state index contributed by atoms with van der Waals surface area (Å²) in [7, 11) is 0. The number of halogens is 3. The first-order chi connectivity index (χ1) is 10.8. The Hall–Kier alpha value is -2.02. The van der Waals surface area contributed by atoms with Gasteiger partial charge in [-0.15, -0.1) is 0 Å². The molecular weight excluding hydrogens is 309 g/mol. The maximum absolute atomic E-state index is 12.9. The van der Waals surface area contributed by atoms with Crippen molar-refractivity contribution in [2.45, 2.75) is 19.1 Å². The number of nitrogens with zero attached hydrogens (tertiary/aromatic N) is 1. The Balaban J connectivity index is 2.35. The molecular formula is C16H19F3N2O2. The van der Waals surface area contributed by atoms with Crippen LogP contribution in [0.1, 0.15) is 22.8 Å². The molecule has 1 aromatic rings. The van der Waals surface area contributed by atoms with Crippen LogP contribution >= 0.6 is 0 Å². The summed E-state index contributed by atoms with van der Waals surface area (Å²) in [5.41, 5.74) is -0.939. The molecule has 126 valence electrons. The zero-order valence-electron chi connectivity index (χ0n) is 12.8. The number of nitrogens with one attached hydrogen (secondary N) is 1. The molecule has 1 heterocycles. The van der Waals surface area contributed by atoms with Crippen molar-refractivity contribution >= 4 is 5.91 Å². The van der Waals surface area contributed by atoms with Gasteiger partial charge >= 0.3 is 6.18 Å². The van der Waals surface area contributed by atoms with E-state index >= 15 is 0 Å². The van der Waals surface area contributed by atoms with Crippen molar-refractivity contribution in [3.8, 4) is 5.75 Å². The minimum Gasteiger partial charge on any atom is -0.489 e. The second kappa shape index (κ2) is 7.04. The summed E-state index contributed by atoms with van der Waals surface area (Å²) in [6.07, 6.45) is -3.04. The summed E-state index contributed by atoms with van der Waals surface area (Å²) in [6.45, 7) is 7.02. The maximum Gasteiger partial charge on any atom is 0.416 e. The lowest BCUT2D eigenvalue weighted by molar-refractivity contribution is -0.137. The van der Waals surface area contributed by atoms with Crippen molar-refractivity contribution in [1.82, 2.24) is 10.2 Å². The summed E-state index contributed by atoms with van der Waals surface area (Å²) in [6, 6.07) is 3.05. The minimum atomic E-state index is -4.51. The summed E-state index contributed by atoms with van der Waals surface area (Å²) < 4.78 is 44.1. The average molecular weight is 328 g/mol. The summed E-state index contributed by atoms with van der Waals surface area (Å²) >= 11 is 0. The Morgan fingerprint density at radius 2 is 2.26 bits per heavy atom. The molecule has 0 radical (unpaired) electrons. The molecule has 1 fully saturated rings. The number of hydrogen-bond acceptors (Lipinski definition) is 3. The average Bonchev–Trinajstić information content (AvgIpc) is 2.51. The van der Waals surface area contributed by atoms with Gasteiger partial charge in [-0.3, -0.25) is 4.79 Å². The van der Waals surface area contributed by atoms with E-state index in [1.807, 2.05) is 6.92 Å². The number of carbonyl (C=O) groups is 1. The molecule has 4 nitrogen and oxygen atoms in total. The number of alkyl halides is 3. The van der Waals surface area contributed by atoms with Crippen molar-refractivity contribution in [2.75, 3.05) is 26.2 Å². The third-order valence-electron chi connectivity index (χ3n) is 3.55. The lowest BCUT2D eigenvalue weighted by atomic mass is 10.1. The molecule has 23 heavy (non-hydrogen) atoms. The number of rotatable bonds is 4. The smallest absolute Gasteiger partial charge is 0.416 e. The number of piperazine rings is 1. The van der Waals surface area contributed by atoms with Crippen LogP contribution in [0.15, 0.2) is 30.9 Å². The van der Waals surface area contributed by atoms with Crippen LogP contribution < -0.4 is 10.1 Å². The van der Waals surface area contributed by atoms with E-state index in [0.717, 1.165) is 12.1 Å². The summed E-state index contributed by atoms with van der Waals surface area (Å²) in [5, 5.41) is 3.18. The highest BCUT2D eigenvalue weighted by atomic mass is 19.4. The number of benzene rings is 1. The van der Waals surface area contributed by atoms with Gasteiger partial charge in [-0.25, -0.2) is 0 Å². The van der Waals surface area contributed by atoms with Crippen LogP contribution in [0.3, 0.4) is 0 Å². The van der Waals surface area contributed by atoms with Gasteiger partial charge in [-0.2, -0.15) is 13.2 Å². The zero-order chi connectivity index (χ0) is 17.0. The fraction of sp³-hybridized carbons (Fsp3) is 0.438. The second-order valence-corrected chi connectivity index (χ2v) is 5.41. The normalized spacial score (nSPS) is 18.6. The van der Waals surface area contributed by atoms with Gasteiger partial charge in [-0.05, 0) is 25.1 Å². The number of carbonyl (C=O) groups excluding carboxylic acids is 1. The molecule has 0 aliphatic carbocycles. The minimum absolute atomic E-state index is 0.0734. The highest BCUT2D eigenvalue weighted by Gasteiger charge is 2.33. The van der Waals surface area contributed by atoms with E-state index < -0.39 is 17.6 Å². The summed E-state index contributed by atoms with van der Waals surface area (Å²) in [5.74, 6) is -0.322. The molecule has 1 aromatic carbocycles. The van der Waals surface area contributed by atoms with Crippen molar-refractivity contribution in [1.29, 1.82) is 0 Å². The van der Waals surface area contributed by atoms with E-state index in [4.69, 9.17) is 4.74 Å². The van der Waals surface area contributed by atoms with Crippen molar-refractivity contribution in [2.24, 2.45) is 0 Å². The van der Waals surface area contributed by atoms with Crippen LogP contribution in [0.2, 0.25) is 0 Å². The fourth-order valence-corrected chi connectivity index (χ4v) is 2.44. The molecule has 1 N–H and O–H groups in total. The van der Waals surface area contributed by atoms with Crippen LogP contribution in [0.4, 0.5) is 13.2 Å². The molecule has 7 heteroatoms. The van der Waals surface area contributed by atoms with Gasteiger partial charge in [0.15, 0.2) is 0 Å². The van der Waals surface area contributed by atoms with E-state index in [9.17, 15) is 18.0 Å². The van der Waals surface area contributed by atoms with Gasteiger partial charge in [0.2, 0.25) is 0 Å². The Kier molecular flexibility index (Phi) is 5.30. The predicted octanol–water partition coefficient (Wildman–Crippen LogP) is 2.70. The molecule has 0 saturated carbocycles. The molecule has 1 aliphatic rings. The third kappa shape index (κ3) is 4.25. The van der Waals surface area contributed by atoms with E-state index in [1.54, 1.807) is 0 Å². The highest BCUT2D eigenvalue weighted by Crippen LogP contribution is 2.33. The molecule has 2 rings (SSSR count). The van der Waals surface area contributed by atoms with E-state index in [-0.39, 0.29) is 24.0 Å². The number of amides is 1. The molecule has 0 aromatic heterocycles. The van der Waals surface area contributed by atoms with Gasteiger partial charge < -0.3 is 15.0 Å². The molecule has 1 atom stereocenters. The fourth-order valence-electron chi connectivity index (χ4n) is 2.44. The molecule has 0 spiro atoms. The van der Waals surface area contributed by atoms with Gasteiger partial charge in [0, 0.05) is 25.7 Å². The maximum atomic E-state index is 12.9. The van der Waals surface area contributed by atoms with Gasteiger partial charge in [0.05, 0.1) is 11.1 Å². The Bertz CT molecular complexity index is 587. The second-order valence-electron chi connectivity index (χ2n) is 5.41. The van der Waals surface area contributed by atoms with E-state index in [2.05, 4.69) is 11.9 Å². The van der Waals surface area contributed by atoms with Gasteiger partial charge in [-0.1, -0.05) is 12.7 Å². The van der Waals surface area contributed by atoms with E-state index in [1.165, 1.54) is 17.0 Å². The SMILES string of the molecule is C=CCOc1ccc(C(F)(F)F)cc1C(=O)N1CCNC(C)C1. The number of ether oxygens (including phenoxy) is 1. The van der Waals surface area contributed by atoms with Crippen LogP contribution in [0, 0.1) is 0 Å². The Morgan fingerprint density at radius 3 is 2.87 bits per heavy atom. The van der Waals surface area contributed by atoms with Crippen molar-refractivity contribution < 1.29 is 22.7 Å². The molecule has 1 saturated heterocycles. The first kappa shape index (κ1) is 17.3. The quantitative estimate of drug-likeness (QED) is 0.864. The summed E-state index contributed by atoms with van der Waals surface area (Å²) in [4.78, 5) is 14.2. The highest BCUT2D eigenvalue weighted by molar-refractivity contribution is 5.97. The first-order valence-corrected chi connectivity index (χ1v) is 7.30. The van der Waals surface area contributed by atoms with E-state index in [0.29, 0.717) is 19.6 Å². The molecule has 0 bridgehead atoms. The topological polar surface area (TPSA) is 41.6 Å². The van der Waals surface area contributed by atoms with Crippen molar-refractivity contribution in [3.63, 3.8) is 0 Å². The van der Waals surface area contributed by atoms with Crippen molar-refractivity contribution in [3.05, 3.63) is 42.0 Å². The van der Waals surface area contributed by atoms with Crippen LogP contribution in [-0.2, 0) is 6.18 Å². The van der Waals surface area contributed by atoms with Gasteiger partial charge in [0.1, 0.15) is 12.4 Å². The predicted molar refractivity (Wildman–Crippen MR) is 80.5 cm³/mol. The first-order valence-electron chi connectivity index (χ1n) is 7.30. The van der Waals surface area contributed by atoms with Gasteiger partial charge in [0.25, 0.3) is 5.91 Å². The zero-order valence-corrected chi connectivity index (χ0v) is 12.8. The van der Waals surface area contributed by atoms with Crippen LogP contribution in [0.25, 0.3) is 0 Å². The monoisotopic (exact) mass is 328 g/mol. The molecule has 1 amide bonds. The van der Waals surface area contributed by atoms with Crippen LogP contribution in [0.5, 0.6) is 5.75 Å².